The van der Waals surface area contributed by atoms with E-state index in [0.29, 0.717) is 4.90 Å². The van der Waals surface area contributed by atoms with Crippen LogP contribution in [0.25, 0.3) is 0 Å². The SMILES string of the molecule is Cc1ccc(SC2CC(=O)OC2=O)c([N+](=O)[O-])c1. The van der Waals surface area contributed by atoms with Crippen molar-refractivity contribution in [3.8, 4) is 0 Å². The van der Waals surface area contributed by atoms with Crippen molar-refractivity contribution >= 4 is 29.4 Å². The molecular weight excluding hydrogens is 258 g/mol. The van der Waals surface area contributed by atoms with Gasteiger partial charge in [-0.2, -0.15) is 0 Å². The number of nitrogens with zero attached hydrogens (tertiary/aromatic N) is 1. The molecule has 1 heterocycles. The van der Waals surface area contributed by atoms with Gasteiger partial charge in [0.15, 0.2) is 0 Å². The average molecular weight is 267 g/mol. The summed E-state index contributed by atoms with van der Waals surface area (Å²) < 4.78 is 4.40. The maximum absolute atomic E-state index is 11.3. The fourth-order valence-electron chi connectivity index (χ4n) is 1.57. The topological polar surface area (TPSA) is 86.5 Å². The summed E-state index contributed by atoms with van der Waals surface area (Å²) in [5.74, 6) is -1.23. The molecular formula is C11H9NO5S. The van der Waals surface area contributed by atoms with Crippen LogP contribution in [0.15, 0.2) is 23.1 Å². The van der Waals surface area contributed by atoms with Crippen LogP contribution in [0.5, 0.6) is 0 Å². The van der Waals surface area contributed by atoms with Gasteiger partial charge in [-0.15, -0.1) is 11.8 Å². The summed E-state index contributed by atoms with van der Waals surface area (Å²) in [5, 5.41) is 10.2. The molecule has 1 saturated heterocycles. The highest BCUT2D eigenvalue weighted by atomic mass is 32.2. The van der Waals surface area contributed by atoms with Crippen LogP contribution in [0.4, 0.5) is 5.69 Å². The Labute approximate surface area is 106 Å². The number of ether oxygens (including phenoxy) is 1. The summed E-state index contributed by atoms with van der Waals surface area (Å²) in [4.78, 5) is 33.0. The Morgan fingerprint density at radius 1 is 1.44 bits per heavy atom. The monoisotopic (exact) mass is 267 g/mol. The second-order valence-corrected chi connectivity index (χ2v) is 5.08. The molecule has 0 bridgehead atoms. The van der Waals surface area contributed by atoms with E-state index in [9.17, 15) is 19.7 Å². The van der Waals surface area contributed by atoms with Gasteiger partial charge in [0.2, 0.25) is 0 Å². The van der Waals surface area contributed by atoms with Gasteiger partial charge >= 0.3 is 11.9 Å². The Hall–Kier alpha value is -1.89. The van der Waals surface area contributed by atoms with Crippen LogP contribution in [-0.2, 0) is 14.3 Å². The molecule has 1 aromatic rings. The zero-order valence-electron chi connectivity index (χ0n) is 9.41. The highest BCUT2D eigenvalue weighted by Gasteiger charge is 2.35. The minimum Gasteiger partial charge on any atom is -0.392 e. The lowest BCUT2D eigenvalue weighted by molar-refractivity contribution is -0.387. The summed E-state index contributed by atoms with van der Waals surface area (Å²) in [6.45, 7) is 1.74. The first-order chi connectivity index (χ1) is 8.47. The summed E-state index contributed by atoms with van der Waals surface area (Å²) in [5.41, 5.74) is 0.697. The summed E-state index contributed by atoms with van der Waals surface area (Å²) in [6.07, 6.45) is -0.0471. The quantitative estimate of drug-likeness (QED) is 0.359. The van der Waals surface area contributed by atoms with Crippen molar-refractivity contribution < 1.29 is 19.2 Å². The van der Waals surface area contributed by atoms with Crippen molar-refractivity contribution in [3.05, 3.63) is 33.9 Å². The van der Waals surface area contributed by atoms with Gasteiger partial charge in [0.05, 0.1) is 16.2 Å². The second kappa shape index (κ2) is 4.77. The molecule has 1 unspecified atom stereocenters. The standard InChI is InChI=1S/C11H9NO5S/c1-6-2-3-8(7(4-6)12(15)16)18-9-5-10(13)17-11(9)14/h2-4,9H,5H2,1H3. The third-order valence-electron chi connectivity index (χ3n) is 2.41. The van der Waals surface area contributed by atoms with E-state index in [1.54, 1.807) is 19.1 Å². The first-order valence-electron chi connectivity index (χ1n) is 5.13. The highest BCUT2D eigenvalue weighted by Crippen LogP contribution is 2.36. The molecule has 1 aliphatic heterocycles. The minimum absolute atomic E-state index is 0.0471. The number of carbonyl (C=O) groups is 2. The Kier molecular flexibility index (Phi) is 3.33. The zero-order valence-corrected chi connectivity index (χ0v) is 10.2. The van der Waals surface area contributed by atoms with E-state index < -0.39 is 22.1 Å². The van der Waals surface area contributed by atoms with Crippen LogP contribution >= 0.6 is 11.8 Å². The molecule has 2 rings (SSSR count). The first-order valence-corrected chi connectivity index (χ1v) is 6.01. The average Bonchev–Trinajstić information content (AvgIpc) is 2.60. The molecule has 1 atom stereocenters. The maximum Gasteiger partial charge on any atom is 0.327 e. The number of rotatable bonds is 3. The second-order valence-electron chi connectivity index (χ2n) is 3.83. The molecule has 0 aliphatic carbocycles. The predicted octanol–water partition coefficient (Wildman–Crippen LogP) is 1.84. The maximum atomic E-state index is 11.3. The molecule has 6 nitrogen and oxygen atoms in total. The van der Waals surface area contributed by atoms with Crippen LogP contribution < -0.4 is 0 Å². The number of hydrogen-bond acceptors (Lipinski definition) is 6. The molecule has 0 saturated carbocycles. The normalized spacial score (nSPS) is 18.8. The number of nitro groups is 1. The van der Waals surface area contributed by atoms with E-state index in [0.717, 1.165) is 17.3 Å². The molecule has 18 heavy (non-hydrogen) atoms. The van der Waals surface area contributed by atoms with E-state index in [1.165, 1.54) is 6.07 Å². The minimum atomic E-state index is -0.695. The molecule has 0 amide bonds. The number of thioether (sulfide) groups is 1. The van der Waals surface area contributed by atoms with Gasteiger partial charge in [-0.05, 0) is 18.6 Å². The molecule has 1 fully saturated rings. The predicted molar refractivity (Wildman–Crippen MR) is 63.2 cm³/mol. The number of nitro benzene ring substituents is 1. The number of esters is 2. The summed E-state index contributed by atoms with van der Waals surface area (Å²) in [7, 11) is 0. The van der Waals surface area contributed by atoms with Gasteiger partial charge in [0.25, 0.3) is 5.69 Å². The number of aryl methyl sites for hydroxylation is 1. The van der Waals surface area contributed by atoms with Gasteiger partial charge in [-0.25, -0.2) is 0 Å². The van der Waals surface area contributed by atoms with Crippen LogP contribution in [0.3, 0.4) is 0 Å². The van der Waals surface area contributed by atoms with Gasteiger partial charge in [-0.3, -0.25) is 19.7 Å². The van der Waals surface area contributed by atoms with Crippen molar-refractivity contribution in [2.24, 2.45) is 0 Å². The van der Waals surface area contributed by atoms with Crippen molar-refractivity contribution in [2.45, 2.75) is 23.5 Å². The number of carbonyl (C=O) groups excluding carboxylic acids is 2. The largest absolute Gasteiger partial charge is 0.392 e. The molecule has 7 heteroatoms. The third-order valence-corrected chi connectivity index (χ3v) is 3.65. The van der Waals surface area contributed by atoms with Gasteiger partial charge in [0.1, 0.15) is 5.25 Å². The Bertz CT molecular complexity index is 542. The van der Waals surface area contributed by atoms with Crippen LogP contribution in [0.1, 0.15) is 12.0 Å². The van der Waals surface area contributed by atoms with Gasteiger partial charge in [-0.1, -0.05) is 6.07 Å². The smallest absolute Gasteiger partial charge is 0.327 e. The lowest BCUT2D eigenvalue weighted by Gasteiger charge is -2.06. The van der Waals surface area contributed by atoms with Crippen molar-refractivity contribution in [1.29, 1.82) is 0 Å². The van der Waals surface area contributed by atoms with Gasteiger partial charge < -0.3 is 4.74 Å². The van der Waals surface area contributed by atoms with Crippen molar-refractivity contribution in [1.82, 2.24) is 0 Å². The van der Waals surface area contributed by atoms with Crippen LogP contribution in [0, 0.1) is 17.0 Å². The first kappa shape index (κ1) is 12.6. The summed E-state index contributed by atoms with van der Waals surface area (Å²) in [6, 6.07) is 4.73. The molecule has 94 valence electrons. The fraction of sp³-hybridized carbons (Fsp3) is 0.273. The molecule has 0 aromatic heterocycles. The Balaban J connectivity index is 2.26. The molecule has 0 radical (unpaired) electrons. The number of cyclic esters (lactones) is 2. The van der Waals surface area contributed by atoms with E-state index in [4.69, 9.17) is 0 Å². The number of benzene rings is 1. The van der Waals surface area contributed by atoms with Crippen LogP contribution in [0.2, 0.25) is 0 Å². The lowest BCUT2D eigenvalue weighted by Crippen LogP contribution is -2.09. The van der Waals surface area contributed by atoms with E-state index in [1.807, 2.05) is 0 Å². The van der Waals surface area contributed by atoms with E-state index in [2.05, 4.69) is 4.74 Å². The lowest BCUT2D eigenvalue weighted by atomic mass is 10.2. The number of hydrogen-bond donors (Lipinski definition) is 0. The molecule has 1 aromatic carbocycles. The highest BCUT2D eigenvalue weighted by molar-refractivity contribution is 8.00. The van der Waals surface area contributed by atoms with E-state index in [-0.39, 0.29) is 12.1 Å². The zero-order chi connectivity index (χ0) is 13.3. The van der Waals surface area contributed by atoms with Crippen molar-refractivity contribution in [2.75, 3.05) is 0 Å². The third kappa shape index (κ3) is 2.51. The molecule has 0 N–H and O–H groups in total. The van der Waals surface area contributed by atoms with E-state index >= 15 is 0 Å². The summed E-state index contributed by atoms with van der Waals surface area (Å²) >= 11 is 0.990. The molecule has 1 aliphatic rings. The Morgan fingerprint density at radius 3 is 2.72 bits per heavy atom. The van der Waals surface area contributed by atoms with Gasteiger partial charge in [0, 0.05) is 6.07 Å². The molecule has 0 spiro atoms. The van der Waals surface area contributed by atoms with Crippen molar-refractivity contribution in [3.63, 3.8) is 0 Å². The van der Waals surface area contributed by atoms with Crippen LogP contribution in [-0.4, -0.2) is 22.1 Å². The fourth-order valence-corrected chi connectivity index (χ4v) is 2.64. The Morgan fingerprint density at radius 2 is 2.17 bits per heavy atom.